The molecule has 3 heterocycles. The van der Waals surface area contributed by atoms with Crippen molar-refractivity contribution in [3.05, 3.63) is 18.5 Å². The quantitative estimate of drug-likeness (QED) is 0.851. The summed E-state index contributed by atoms with van der Waals surface area (Å²) in [5.74, 6) is -0.994. The Morgan fingerprint density at radius 1 is 1.43 bits per heavy atom. The molecule has 0 saturated carbocycles. The number of carboxylic acids is 1. The molecule has 9 heteroatoms. The molecule has 9 nitrogen and oxygen atoms in total. The molecule has 1 saturated heterocycles. The number of likely N-dealkylation sites (tertiary alicyclic amines) is 1. The summed E-state index contributed by atoms with van der Waals surface area (Å²) in [6.45, 7) is -0.0360. The van der Waals surface area contributed by atoms with E-state index < -0.39 is 24.2 Å². The fraction of sp³-hybridized carbons (Fsp3) is 0.333. The van der Waals surface area contributed by atoms with Crippen molar-refractivity contribution in [2.75, 3.05) is 6.54 Å². The molecule has 0 spiro atoms. The van der Waals surface area contributed by atoms with E-state index in [2.05, 4.69) is 10.1 Å². The highest BCUT2D eigenvalue weighted by Gasteiger charge is 2.41. The Labute approximate surface area is 117 Å². The number of hydrogen-bond acceptors (Lipinski definition) is 6. The van der Waals surface area contributed by atoms with Crippen molar-refractivity contribution in [2.24, 2.45) is 0 Å². The van der Waals surface area contributed by atoms with E-state index in [0.717, 1.165) is 4.90 Å². The SMILES string of the molecule is O=C(O)[C@@H]1C[C@@H](Oc2noc3cnccc23)CN1C(=O)O. The summed E-state index contributed by atoms with van der Waals surface area (Å²) in [5.41, 5.74) is 0.440. The monoisotopic (exact) mass is 293 g/mol. The highest BCUT2D eigenvalue weighted by atomic mass is 16.5. The topological polar surface area (TPSA) is 126 Å². The number of hydrogen-bond donors (Lipinski definition) is 2. The van der Waals surface area contributed by atoms with E-state index in [1.165, 1.54) is 6.20 Å². The Morgan fingerprint density at radius 2 is 2.24 bits per heavy atom. The summed E-state index contributed by atoms with van der Waals surface area (Å²) < 4.78 is 10.6. The third kappa shape index (κ3) is 2.33. The van der Waals surface area contributed by atoms with E-state index in [0.29, 0.717) is 11.0 Å². The molecule has 2 atom stereocenters. The Balaban J connectivity index is 1.80. The van der Waals surface area contributed by atoms with Crippen LogP contribution in [0.15, 0.2) is 23.0 Å². The third-order valence-corrected chi connectivity index (χ3v) is 3.31. The molecule has 21 heavy (non-hydrogen) atoms. The van der Waals surface area contributed by atoms with Crippen LogP contribution >= 0.6 is 0 Å². The Bertz CT molecular complexity index is 677. The number of ether oxygens (including phenoxy) is 1. The van der Waals surface area contributed by atoms with Gasteiger partial charge in [-0.15, -0.1) is 0 Å². The van der Waals surface area contributed by atoms with E-state index in [1.54, 1.807) is 12.3 Å². The van der Waals surface area contributed by atoms with Crippen molar-refractivity contribution in [3.63, 3.8) is 0 Å². The van der Waals surface area contributed by atoms with Crippen molar-refractivity contribution in [1.29, 1.82) is 0 Å². The highest BCUT2D eigenvalue weighted by molar-refractivity contribution is 5.81. The summed E-state index contributed by atoms with van der Waals surface area (Å²) >= 11 is 0. The molecule has 1 aliphatic rings. The number of carbonyl (C=O) groups is 2. The molecule has 2 N–H and O–H groups in total. The molecule has 1 amide bonds. The van der Waals surface area contributed by atoms with E-state index in [4.69, 9.17) is 19.5 Å². The van der Waals surface area contributed by atoms with Gasteiger partial charge >= 0.3 is 12.1 Å². The maximum atomic E-state index is 11.1. The van der Waals surface area contributed by atoms with Gasteiger partial charge in [-0.1, -0.05) is 0 Å². The minimum absolute atomic E-state index is 0.0360. The molecule has 1 aliphatic heterocycles. The average Bonchev–Trinajstić information content (AvgIpc) is 3.04. The first-order valence-corrected chi connectivity index (χ1v) is 6.14. The van der Waals surface area contributed by atoms with Crippen LogP contribution in [0.2, 0.25) is 0 Å². The smallest absolute Gasteiger partial charge is 0.408 e. The van der Waals surface area contributed by atoms with Crippen LogP contribution in [-0.2, 0) is 4.79 Å². The van der Waals surface area contributed by atoms with Crippen molar-refractivity contribution in [2.45, 2.75) is 18.6 Å². The van der Waals surface area contributed by atoms with E-state index in [-0.39, 0.29) is 18.8 Å². The maximum Gasteiger partial charge on any atom is 0.408 e. The van der Waals surface area contributed by atoms with Crippen LogP contribution in [0.5, 0.6) is 5.88 Å². The average molecular weight is 293 g/mol. The normalized spacial score (nSPS) is 21.6. The molecule has 0 aliphatic carbocycles. The molecule has 2 aromatic heterocycles. The summed E-state index contributed by atoms with van der Waals surface area (Å²) in [4.78, 5) is 26.8. The van der Waals surface area contributed by atoms with Crippen molar-refractivity contribution in [1.82, 2.24) is 15.0 Å². The number of aromatic nitrogens is 2. The van der Waals surface area contributed by atoms with Gasteiger partial charge in [0.25, 0.3) is 5.88 Å². The summed E-state index contributed by atoms with van der Waals surface area (Å²) in [6, 6.07) is 0.534. The van der Waals surface area contributed by atoms with Gasteiger partial charge < -0.3 is 19.5 Å². The fourth-order valence-corrected chi connectivity index (χ4v) is 2.34. The second kappa shape index (κ2) is 4.93. The second-order valence-electron chi connectivity index (χ2n) is 4.62. The standard InChI is InChI=1S/C12H11N3O6/c16-11(17)8-3-6(5-15(8)12(18)19)20-10-7-1-2-13-4-9(7)21-14-10/h1-2,4,6,8H,3,5H2,(H,16,17)(H,18,19)/t6-,8+/m1/s1. The van der Waals surface area contributed by atoms with Crippen LogP contribution in [0.4, 0.5) is 4.79 Å². The van der Waals surface area contributed by atoms with Crippen LogP contribution < -0.4 is 4.74 Å². The van der Waals surface area contributed by atoms with E-state index in [9.17, 15) is 9.59 Å². The van der Waals surface area contributed by atoms with Gasteiger partial charge in [-0.25, -0.2) is 9.59 Å². The maximum absolute atomic E-state index is 11.1. The molecule has 3 rings (SSSR count). The zero-order chi connectivity index (χ0) is 15.0. The summed E-state index contributed by atoms with van der Waals surface area (Å²) in [5, 5.41) is 22.4. The van der Waals surface area contributed by atoms with E-state index in [1.807, 2.05) is 0 Å². The first kappa shape index (κ1) is 13.2. The van der Waals surface area contributed by atoms with Crippen molar-refractivity contribution in [3.8, 4) is 5.88 Å². The zero-order valence-corrected chi connectivity index (χ0v) is 10.7. The summed E-state index contributed by atoms with van der Waals surface area (Å²) in [6.07, 6.45) is 1.20. The van der Waals surface area contributed by atoms with Crippen molar-refractivity contribution < 1.29 is 29.1 Å². The molecule has 0 bridgehead atoms. The summed E-state index contributed by atoms with van der Waals surface area (Å²) in [7, 11) is 0. The number of aliphatic carboxylic acids is 1. The second-order valence-corrected chi connectivity index (χ2v) is 4.62. The van der Waals surface area contributed by atoms with Gasteiger partial charge in [0.2, 0.25) is 0 Å². The fourth-order valence-electron chi connectivity index (χ4n) is 2.34. The predicted molar refractivity (Wildman–Crippen MR) is 67.0 cm³/mol. The first-order chi connectivity index (χ1) is 10.1. The molecule has 0 radical (unpaired) electrons. The van der Waals surface area contributed by atoms with Crippen LogP contribution in [-0.4, -0.2) is 56.0 Å². The number of nitrogens with zero attached hydrogens (tertiary/aromatic N) is 3. The molecule has 0 aromatic carbocycles. The first-order valence-electron chi connectivity index (χ1n) is 6.14. The van der Waals surface area contributed by atoms with Crippen LogP contribution in [0.3, 0.4) is 0 Å². The number of rotatable bonds is 3. The highest BCUT2D eigenvalue weighted by Crippen LogP contribution is 2.28. The van der Waals surface area contributed by atoms with Gasteiger partial charge in [0, 0.05) is 12.6 Å². The lowest BCUT2D eigenvalue weighted by atomic mass is 10.2. The number of amides is 1. The third-order valence-electron chi connectivity index (χ3n) is 3.31. The molecule has 2 aromatic rings. The van der Waals surface area contributed by atoms with E-state index >= 15 is 0 Å². The Morgan fingerprint density at radius 3 is 2.90 bits per heavy atom. The van der Waals surface area contributed by atoms with Gasteiger partial charge in [0.1, 0.15) is 12.1 Å². The van der Waals surface area contributed by atoms with Crippen LogP contribution in [0.1, 0.15) is 6.42 Å². The minimum Gasteiger partial charge on any atom is -0.480 e. The largest absolute Gasteiger partial charge is 0.480 e. The van der Waals surface area contributed by atoms with Crippen molar-refractivity contribution >= 4 is 23.0 Å². The molecule has 0 unspecified atom stereocenters. The molecular weight excluding hydrogens is 282 g/mol. The number of pyridine rings is 1. The van der Waals surface area contributed by atoms with Gasteiger partial charge in [0.05, 0.1) is 18.1 Å². The lowest BCUT2D eigenvalue weighted by Crippen LogP contribution is -2.39. The zero-order valence-electron chi connectivity index (χ0n) is 10.7. The number of fused-ring (bicyclic) bond motifs is 1. The van der Waals surface area contributed by atoms with Gasteiger partial charge in [-0.3, -0.25) is 9.88 Å². The van der Waals surface area contributed by atoms with Gasteiger partial charge in [-0.2, -0.15) is 0 Å². The molecule has 1 fully saturated rings. The Kier molecular flexibility index (Phi) is 3.09. The molecular formula is C12H11N3O6. The van der Waals surface area contributed by atoms with Crippen LogP contribution in [0, 0.1) is 0 Å². The van der Waals surface area contributed by atoms with Gasteiger partial charge in [-0.05, 0) is 11.2 Å². The lowest BCUT2D eigenvalue weighted by molar-refractivity contribution is -0.141. The number of carboxylic acid groups (broad SMARTS) is 2. The molecule has 110 valence electrons. The lowest BCUT2D eigenvalue weighted by Gasteiger charge is -2.16. The van der Waals surface area contributed by atoms with Crippen LogP contribution in [0.25, 0.3) is 11.0 Å². The van der Waals surface area contributed by atoms with Gasteiger partial charge in [0.15, 0.2) is 5.58 Å². The minimum atomic E-state index is -1.29. The Hall–Kier alpha value is -2.84. The predicted octanol–water partition coefficient (Wildman–Crippen LogP) is 0.807.